The molecule has 0 aliphatic rings. The average molecular weight is 186 g/mol. The largest absolute Gasteiger partial charge is 0.280 e. The van der Waals surface area contributed by atoms with Crippen LogP contribution < -0.4 is 0 Å². The van der Waals surface area contributed by atoms with Crippen molar-refractivity contribution in [1.29, 1.82) is 0 Å². The van der Waals surface area contributed by atoms with Crippen LogP contribution in [0.2, 0.25) is 0 Å². The molecular weight excluding hydrogens is 174 g/mol. The summed E-state index contributed by atoms with van der Waals surface area (Å²) in [7, 11) is 0. The summed E-state index contributed by atoms with van der Waals surface area (Å²) in [6, 6.07) is 1.24. The Kier molecular flexibility index (Phi) is 3.28. The first-order valence-corrected chi connectivity index (χ1v) is 4.19. The number of nitrogens with zero attached hydrogens (tertiary/aromatic N) is 2. The highest BCUT2D eigenvalue weighted by molar-refractivity contribution is 5.03. The third-order valence-electron chi connectivity index (χ3n) is 1.54. The third-order valence-corrected chi connectivity index (χ3v) is 1.54. The summed E-state index contributed by atoms with van der Waals surface area (Å²) in [6.07, 6.45) is -0.485. The summed E-state index contributed by atoms with van der Waals surface area (Å²) in [5.41, 5.74) is -0.189. The number of rotatable bonds is 3. The molecule has 1 aromatic rings. The lowest BCUT2D eigenvalue weighted by molar-refractivity contribution is 0.145. The van der Waals surface area contributed by atoms with Gasteiger partial charge in [-0.25, -0.2) is 18.7 Å². The predicted molar refractivity (Wildman–Crippen MR) is 45.5 cm³/mol. The van der Waals surface area contributed by atoms with Crippen LogP contribution in [0.4, 0.5) is 8.78 Å². The molecule has 0 atom stereocenters. The van der Waals surface area contributed by atoms with Crippen molar-refractivity contribution in [2.45, 2.75) is 26.7 Å². The number of alkyl halides is 2. The van der Waals surface area contributed by atoms with E-state index in [-0.39, 0.29) is 5.69 Å². The molecule has 0 aromatic carbocycles. The van der Waals surface area contributed by atoms with Crippen LogP contribution in [0.25, 0.3) is 0 Å². The second-order valence-electron chi connectivity index (χ2n) is 3.30. The van der Waals surface area contributed by atoms with E-state index in [1.807, 2.05) is 13.8 Å². The smallest absolute Gasteiger partial charge is 0.241 e. The molecule has 0 amide bonds. The van der Waals surface area contributed by atoms with Gasteiger partial charge in [0.2, 0.25) is 0 Å². The second kappa shape index (κ2) is 4.25. The Labute approximate surface area is 76.0 Å². The van der Waals surface area contributed by atoms with Gasteiger partial charge in [-0.15, -0.1) is 0 Å². The van der Waals surface area contributed by atoms with E-state index < -0.39 is 6.43 Å². The molecule has 0 aliphatic heterocycles. The molecule has 13 heavy (non-hydrogen) atoms. The summed E-state index contributed by atoms with van der Waals surface area (Å²) in [6.45, 7) is 4.00. The summed E-state index contributed by atoms with van der Waals surface area (Å²) >= 11 is 0. The molecule has 1 heterocycles. The molecule has 0 fully saturated rings. The lowest BCUT2D eigenvalue weighted by Crippen LogP contribution is -2.03. The Morgan fingerprint density at radius 3 is 2.62 bits per heavy atom. The van der Waals surface area contributed by atoms with Crippen LogP contribution in [0.3, 0.4) is 0 Å². The summed E-state index contributed by atoms with van der Waals surface area (Å²) in [5, 5.41) is 0. The van der Waals surface area contributed by atoms with Gasteiger partial charge in [0.1, 0.15) is 11.5 Å². The number of aromatic nitrogens is 2. The van der Waals surface area contributed by atoms with E-state index in [0.717, 1.165) is 0 Å². The van der Waals surface area contributed by atoms with Gasteiger partial charge in [0.15, 0.2) is 0 Å². The zero-order valence-electron chi connectivity index (χ0n) is 7.67. The first-order valence-electron chi connectivity index (χ1n) is 4.19. The lowest BCUT2D eigenvalue weighted by atomic mass is 10.1. The van der Waals surface area contributed by atoms with Gasteiger partial charge in [-0.3, -0.25) is 0 Å². The van der Waals surface area contributed by atoms with Crippen LogP contribution >= 0.6 is 0 Å². The fraction of sp³-hybridized carbons (Fsp3) is 0.556. The van der Waals surface area contributed by atoms with Crippen LogP contribution in [0.1, 0.15) is 31.8 Å². The van der Waals surface area contributed by atoms with Crippen molar-refractivity contribution in [1.82, 2.24) is 9.97 Å². The van der Waals surface area contributed by atoms with Crippen LogP contribution in [0, 0.1) is 5.92 Å². The van der Waals surface area contributed by atoms with Gasteiger partial charge < -0.3 is 0 Å². The number of halogens is 2. The minimum absolute atomic E-state index is 0.189. The minimum Gasteiger partial charge on any atom is -0.241 e. The van der Waals surface area contributed by atoms with Crippen molar-refractivity contribution in [3.8, 4) is 0 Å². The van der Waals surface area contributed by atoms with E-state index >= 15 is 0 Å². The molecule has 1 aromatic heterocycles. The summed E-state index contributed by atoms with van der Waals surface area (Å²) < 4.78 is 24.4. The van der Waals surface area contributed by atoms with Gasteiger partial charge in [0.25, 0.3) is 6.43 Å². The standard InChI is InChI=1S/C9H12F2N2/c1-6(2)5-8-12-4-3-7(13-8)9(10)11/h3-4,6,9H,5H2,1-2H3. The first kappa shape index (κ1) is 10.0. The van der Waals surface area contributed by atoms with E-state index in [1.54, 1.807) is 0 Å². The average Bonchev–Trinajstić information content (AvgIpc) is 2.03. The molecule has 0 aliphatic carbocycles. The Morgan fingerprint density at radius 1 is 1.38 bits per heavy atom. The summed E-state index contributed by atoms with van der Waals surface area (Å²) in [4.78, 5) is 7.67. The van der Waals surface area contributed by atoms with E-state index in [0.29, 0.717) is 18.2 Å². The molecule has 0 bridgehead atoms. The van der Waals surface area contributed by atoms with Gasteiger partial charge in [0, 0.05) is 12.6 Å². The molecule has 4 heteroatoms. The fourth-order valence-electron chi connectivity index (χ4n) is 1.000. The molecule has 72 valence electrons. The van der Waals surface area contributed by atoms with Crippen molar-refractivity contribution in [3.05, 3.63) is 23.8 Å². The predicted octanol–water partition coefficient (Wildman–Crippen LogP) is 2.61. The Hall–Kier alpha value is -1.06. The molecule has 0 spiro atoms. The monoisotopic (exact) mass is 186 g/mol. The van der Waals surface area contributed by atoms with E-state index in [2.05, 4.69) is 9.97 Å². The first-order chi connectivity index (χ1) is 6.09. The Morgan fingerprint density at radius 2 is 2.08 bits per heavy atom. The van der Waals surface area contributed by atoms with Gasteiger partial charge in [-0.05, 0) is 12.0 Å². The highest BCUT2D eigenvalue weighted by Gasteiger charge is 2.09. The zero-order valence-corrected chi connectivity index (χ0v) is 7.67. The van der Waals surface area contributed by atoms with Crippen LogP contribution in [0.5, 0.6) is 0 Å². The molecule has 0 radical (unpaired) electrons. The maximum atomic E-state index is 12.2. The SMILES string of the molecule is CC(C)Cc1nccc(C(F)F)n1. The molecule has 0 saturated carbocycles. The van der Waals surface area contributed by atoms with Gasteiger partial charge in [-0.2, -0.15) is 0 Å². The van der Waals surface area contributed by atoms with E-state index in [1.165, 1.54) is 12.3 Å². The lowest BCUT2D eigenvalue weighted by Gasteiger charge is -2.04. The fourth-order valence-corrected chi connectivity index (χ4v) is 1.000. The zero-order chi connectivity index (χ0) is 9.84. The van der Waals surface area contributed by atoms with Crippen molar-refractivity contribution < 1.29 is 8.78 Å². The number of hydrogen-bond donors (Lipinski definition) is 0. The van der Waals surface area contributed by atoms with E-state index in [4.69, 9.17) is 0 Å². The highest BCUT2D eigenvalue weighted by Crippen LogP contribution is 2.15. The molecule has 0 N–H and O–H groups in total. The molecule has 2 nitrogen and oxygen atoms in total. The number of hydrogen-bond acceptors (Lipinski definition) is 2. The maximum Gasteiger partial charge on any atom is 0.280 e. The van der Waals surface area contributed by atoms with E-state index in [9.17, 15) is 8.78 Å². The van der Waals surface area contributed by atoms with Gasteiger partial charge in [0.05, 0.1) is 0 Å². The molecule has 0 unspecified atom stereocenters. The normalized spacial score (nSPS) is 11.2. The summed E-state index contributed by atoms with van der Waals surface area (Å²) in [5.74, 6) is 0.876. The Bertz CT molecular complexity index is 274. The van der Waals surface area contributed by atoms with Crippen molar-refractivity contribution in [3.63, 3.8) is 0 Å². The minimum atomic E-state index is -2.51. The quantitative estimate of drug-likeness (QED) is 0.725. The third kappa shape index (κ3) is 3.05. The van der Waals surface area contributed by atoms with Crippen molar-refractivity contribution >= 4 is 0 Å². The Balaban J connectivity index is 2.79. The van der Waals surface area contributed by atoms with Crippen molar-refractivity contribution in [2.24, 2.45) is 5.92 Å². The molecule has 0 saturated heterocycles. The van der Waals surface area contributed by atoms with Crippen LogP contribution in [-0.4, -0.2) is 9.97 Å². The highest BCUT2D eigenvalue weighted by atomic mass is 19.3. The van der Waals surface area contributed by atoms with Gasteiger partial charge >= 0.3 is 0 Å². The molecular formula is C9H12F2N2. The van der Waals surface area contributed by atoms with Crippen LogP contribution in [0.15, 0.2) is 12.3 Å². The maximum absolute atomic E-state index is 12.2. The molecule has 1 rings (SSSR count). The van der Waals surface area contributed by atoms with Crippen molar-refractivity contribution in [2.75, 3.05) is 0 Å². The van der Waals surface area contributed by atoms with Crippen LogP contribution in [-0.2, 0) is 6.42 Å². The van der Waals surface area contributed by atoms with Gasteiger partial charge in [-0.1, -0.05) is 13.8 Å². The second-order valence-corrected chi connectivity index (χ2v) is 3.30. The topological polar surface area (TPSA) is 25.8 Å².